The lowest BCUT2D eigenvalue weighted by Crippen LogP contribution is -2.47. The molecule has 0 aromatic heterocycles. The van der Waals surface area contributed by atoms with Crippen LogP contribution >= 0.6 is 0 Å². The van der Waals surface area contributed by atoms with Crippen LogP contribution in [0.1, 0.15) is 107 Å². The van der Waals surface area contributed by atoms with Crippen LogP contribution in [0, 0.1) is 0 Å². The van der Waals surface area contributed by atoms with E-state index in [-0.39, 0.29) is 0 Å². The fourth-order valence-electron chi connectivity index (χ4n) is 4.82. The summed E-state index contributed by atoms with van der Waals surface area (Å²) < 4.78 is 0. The Morgan fingerprint density at radius 2 is 1.33 bits per heavy atom. The molecule has 2 fully saturated rings. The molecule has 2 bridgehead atoms. The molecule has 2 unspecified atom stereocenters. The second kappa shape index (κ2) is 6.46. The summed E-state index contributed by atoms with van der Waals surface area (Å²) in [6.45, 7) is 13.6. The molecule has 0 radical (unpaired) electrons. The van der Waals surface area contributed by atoms with Gasteiger partial charge in [-0.05, 0) is 65.7 Å². The number of piperidine rings is 1. The normalized spacial score (nSPS) is 29.9. The summed E-state index contributed by atoms with van der Waals surface area (Å²) in [6.07, 6.45) is 4.16. The summed E-state index contributed by atoms with van der Waals surface area (Å²) in [5.41, 5.74) is 4.75. The largest absolute Gasteiger partial charge is 0.385 e. The van der Waals surface area contributed by atoms with Crippen LogP contribution < -0.4 is 5.32 Å². The first-order valence-corrected chi connectivity index (χ1v) is 9.88. The van der Waals surface area contributed by atoms with Gasteiger partial charge in [0.2, 0.25) is 0 Å². The smallest absolute Gasteiger partial charge is 0.0931 e. The molecule has 2 aliphatic heterocycles. The van der Waals surface area contributed by atoms with Crippen LogP contribution in [0.5, 0.6) is 0 Å². The molecule has 2 nitrogen and oxygen atoms in total. The van der Waals surface area contributed by atoms with E-state index in [1.165, 1.54) is 35.1 Å². The van der Waals surface area contributed by atoms with Gasteiger partial charge in [0.1, 0.15) is 0 Å². The Bertz CT molecular complexity index is 561. The highest BCUT2D eigenvalue weighted by Gasteiger charge is 2.45. The Morgan fingerprint density at radius 3 is 1.71 bits per heavy atom. The van der Waals surface area contributed by atoms with Crippen LogP contribution in [0.15, 0.2) is 12.1 Å². The Kier molecular flexibility index (Phi) is 4.83. The standard InChI is InChI=1S/C22H35NO/c1-13(2)16-9-19(14(3)4)21(20(10-16)15(5)6)22(24)11-17-7-8-18(12-22)23-17/h9-10,13-15,17-18,23-24H,7-8,11-12H2,1-6H3. The number of hydrogen-bond donors (Lipinski definition) is 2. The van der Waals surface area contributed by atoms with Gasteiger partial charge in [-0.15, -0.1) is 0 Å². The Morgan fingerprint density at radius 1 is 0.875 bits per heavy atom. The second-order valence-electron chi connectivity index (χ2n) is 9.12. The maximum Gasteiger partial charge on any atom is 0.0931 e. The first kappa shape index (κ1) is 17.9. The first-order valence-electron chi connectivity index (χ1n) is 9.88. The van der Waals surface area contributed by atoms with Crippen molar-refractivity contribution >= 4 is 0 Å². The Balaban J connectivity index is 2.17. The molecule has 134 valence electrons. The van der Waals surface area contributed by atoms with E-state index in [0.29, 0.717) is 29.8 Å². The molecule has 0 aliphatic carbocycles. The predicted molar refractivity (Wildman–Crippen MR) is 102 cm³/mol. The van der Waals surface area contributed by atoms with Crippen molar-refractivity contribution in [2.75, 3.05) is 0 Å². The lowest BCUT2D eigenvalue weighted by atomic mass is 9.72. The molecule has 2 N–H and O–H groups in total. The van der Waals surface area contributed by atoms with E-state index in [0.717, 1.165) is 12.8 Å². The molecule has 2 atom stereocenters. The zero-order valence-electron chi connectivity index (χ0n) is 16.3. The zero-order valence-corrected chi connectivity index (χ0v) is 16.3. The molecule has 0 spiro atoms. The van der Waals surface area contributed by atoms with E-state index >= 15 is 0 Å². The summed E-state index contributed by atoms with van der Waals surface area (Å²) in [6, 6.07) is 5.72. The van der Waals surface area contributed by atoms with Crippen molar-refractivity contribution in [2.24, 2.45) is 0 Å². The van der Waals surface area contributed by atoms with Crippen molar-refractivity contribution in [2.45, 2.75) is 103 Å². The molecule has 2 heterocycles. The van der Waals surface area contributed by atoms with Crippen LogP contribution in [0.3, 0.4) is 0 Å². The molecule has 2 saturated heterocycles. The second-order valence-corrected chi connectivity index (χ2v) is 9.12. The van der Waals surface area contributed by atoms with Crippen molar-refractivity contribution in [3.05, 3.63) is 34.4 Å². The van der Waals surface area contributed by atoms with Gasteiger partial charge in [0.15, 0.2) is 0 Å². The maximum absolute atomic E-state index is 11.8. The third-order valence-corrected chi connectivity index (χ3v) is 6.10. The van der Waals surface area contributed by atoms with E-state index in [1.54, 1.807) is 0 Å². The van der Waals surface area contributed by atoms with E-state index in [1.807, 2.05) is 0 Å². The van der Waals surface area contributed by atoms with E-state index in [4.69, 9.17) is 0 Å². The third kappa shape index (κ3) is 3.15. The van der Waals surface area contributed by atoms with Gasteiger partial charge >= 0.3 is 0 Å². The lowest BCUT2D eigenvalue weighted by Gasteiger charge is -2.41. The van der Waals surface area contributed by atoms with Crippen molar-refractivity contribution in [1.29, 1.82) is 0 Å². The lowest BCUT2D eigenvalue weighted by molar-refractivity contribution is -0.0133. The van der Waals surface area contributed by atoms with Gasteiger partial charge in [0.25, 0.3) is 0 Å². The molecular formula is C22H35NO. The van der Waals surface area contributed by atoms with Crippen molar-refractivity contribution in [1.82, 2.24) is 5.32 Å². The summed E-state index contributed by atoms with van der Waals surface area (Å²) in [7, 11) is 0. The molecule has 1 aromatic rings. The fourth-order valence-corrected chi connectivity index (χ4v) is 4.82. The van der Waals surface area contributed by atoms with Crippen molar-refractivity contribution in [3.8, 4) is 0 Å². The number of aliphatic hydroxyl groups is 1. The molecule has 3 rings (SSSR count). The van der Waals surface area contributed by atoms with Crippen LogP contribution in [0.2, 0.25) is 0 Å². The number of hydrogen-bond acceptors (Lipinski definition) is 2. The summed E-state index contributed by atoms with van der Waals surface area (Å²) in [4.78, 5) is 0. The van der Waals surface area contributed by atoms with Gasteiger partial charge < -0.3 is 10.4 Å². The van der Waals surface area contributed by atoms with Crippen LogP contribution in [-0.2, 0) is 5.60 Å². The van der Waals surface area contributed by atoms with E-state index in [9.17, 15) is 5.11 Å². The van der Waals surface area contributed by atoms with Crippen molar-refractivity contribution < 1.29 is 5.11 Å². The van der Waals surface area contributed by atoms with Gasteiger partial charge in [-0.25, -0.2) is 0 Å². The minimum absolute atomic E-state index is 0.438. The van der Waals surface area contributed by atoms with Gasteiger partial charge in [-0.1, -0.05) is 53.7 Å². The van der Waals surface area contributed by atoms with Crippen LogP contribution in [-0.4, -0.2) is 17.2 Å². The monoisotopic (exact) mass is 329 g/mol. The molecule has 2 heteroatoms. The molecule has 1 aromatic carbocycles. The molecule has 2 aliphatic rings. The highest BCUT2D eigenvalue weighted by atomic mass is 16.3. The minimum Gasteiger partial charge on any atom is -0.385 e. The molecular weight excluding hydrogens is 294 g/mol. The van der Waals surface area contributed by atoms with E-state index in [2.05, 4.69) is 59.0 Å². The fraction of sp³-hybridized carbons (Fsp3) is 0.727. The maximum atomic E-state index is 11.8. The number of nitrogens with one attached hydrogen (secondary N) is 1. The van der Waals surface area contributed by atoms with Crippen LogP contribution in [0.4, 0.5) is 0 Å². The molecule has 0 amide bonds. The summed E-state index contributed by atoms with van der Waals surface area (Å²) in [5, 5.41) is 15.5. The SMILES string of the molecule is CC(C)c1cc(C(C)C)c(C2(O)CC3CCC(C2)N3)c(C(C)C)c1. The number of rotatable bonds is 4. The summed E-state index contributed by atoms with van der Waals surface area (Å²) in [5.74, 6) is 1.40. The first-order chi connectivity index (χ1) is 11.2. The Labute approximate surface area is 148 Å². The third-order valence-electron chi connectivity index (χ3n) is 6.10. The highest BCUT2D eigenvalue weighted by Crippen LogP contribution is 2.46. The van der Waals surface area contributed by atoms with Gasteiger partial charge in [-0.2, -0.15) is 0 Å². The minimum atomic E-state index is -0.661. The molecule has 0 saturated carbocycles. The van der Waals surface area contributed by atoms with Crippen molar-refractivity contribution in [3.63, 3.8) is 0 Å². The quantitative estimate of drug-likeness (QED) is 0.800. The predicted octanol–water partition coefficient (Wildman–Crippen LogP) is 5.16. The van der Waals surface area contributed by atoms with E-state index < -0.39 is 5.60 Å². The average molecular weight is 330 g/mol. The number of fused-ring (bicyclic) bond motifs is 2. The number of benzene rings is 1. The van der Waals surface area contributed by atoms with Gasteiger partial charge in [0.05, 0.1) is 5.60 Å². The highest BCUT2D eigenvalue weighted by molar-refractivity contribution is 5.47. The van der Waals surface area contributed by atoms with Crippen LogP contribution in [0.25, 0.3) is 0 Å². The van der Waals surface area contributed by atoms with Gasteiger partial charge in [0, 0.05) is 12.1 Å². The summed E-state index contributed by atoms with van der Waals surface area (Å²) >= 11 is 0. The van der Waals surface area contributed by atoms with Gasteiger partial charge in [-0.3, -0.25) is 0 Å². The molecule has 24 heavy (non-hydrogen) atoms. The topological polar surface area (TPSA) is 32.3 Å². The average Bonchev–Trinajstić information content (AvgIpc) is 2.85. The zero-order chi connectivity index (χ0) is 17.6. The Hall–Kier alpha value is -0.860.